The summed E-state index contributed by atoms with van der Waals surface area (Å²) in [6.45, 7) is 4.73. The second-order valence-electron chi connectivity index (χ2n) is 4.52. The van der Waals surface area contributed by atoms with Crippen LogP contribution >= 0.6 is 0 Å². The van der Waals surface area contributed by atoms with Crippen LogP contribution in [0.2, 0.25) is 0 Å². The number of nitrogens with zero attached hydrogens (tertiary/aromatic N) is 2. The molecule has 19 heavy (non-hydrogen) atoms. The fourth-order valence-electron chi connectivity index (χ4n) is 2.19. The van der Waals surface area contributed by atoms with Crippen LogP contribution in [0.5, 0.6) is 5.75 Å². The minimum Gasteiger partial charge on any atom is -0.493 e. The smallest absolute Gasteiger partial charge is 0.137 e. The van der Waals surface area contributed by atoms with Gasteiger partial charge in [-0.3, -0.25) is 0 Å². The third-order valence-electron chi connectivity index (χ3n) is 3.07. The van der Waals surface area contributed by atoms with Crippen LogP contribution in [0.4, 0.5) is 0 Å². The predicted octanol–water partition coefficient (Wildman–Crippen LogP) is 3.71. The monoisotopic (exact) mass is 252 g/mol. The number of ether oxygens (including phenoxy) is 1. The molecule has 3 rings (SSSR count). The molecule has 0 amide bonds. The number of aryl methyl sites for hydroxylation is 1. The van der Waals surface area contributed by atoms with Gasteiger partial charge in [0, 0.05) is 18.0 Å². The molecule has 0 atom stereocenters. The van der Waals surface area contributed by atoms with Gasteiger partial charge in [-0.2, -0.15) is 0 Å². The summed E-state index contributed by atoms with van der Waals surface area (Å²) in [5.41, 5.74) is 4.14. The molecule has 0 fully saturated rings. The Balaban J connectivity index is 2.16. The molecule has 2 heterocycles. The van der Waals surface area contributed by atoms with E-state index in [1.165, 1.54) is 5.56 Å². The van der Waals surface area contributed by atoms with Gasteiger partial charge in [-0.15, -0.1) is 0 Å². The maximum Gasteiger partial charge on any atom is 0.137 e. The van der Waals surface area contributed by atoms with Crippen molar-refractivity contribution < 1.29 is 4.74 Å². The van der Waals surface area contributed by atoms with Gasteiger partial charge >= 0.3 is 0 Å². The molecule has 0 N–H and O–H groups in total. The van der Waals surface area contributed by atoms with Gasteiger partial charge in [-0.25, -0.2) is 4.98 Å². The molecule has 3 nitrogen and oxygen atoms in total. The summed E-state index contributed by atoms with van der Waals surface area (Å²) in [5, 5.41) is 0. The average molecular weight is 252 g/mol. The molecule has 0 unspecified atom stereocenters. The van der Waals surface area contributed by atoms with Crippen LogP contribution in [-0.2, 0) is 0 Å². The molecular weight excluding hydrogens is 236 g/mol. The fraction of sp³-hybridized carbons (Fsp3) is 0.188. The zero-order chi connectivity index (χ0) is 13.2. The third kappa shape index (κ3) is 2.19. The second kappa shape index (κ2) is 4.76. The zero-order valence-electron chi connectivity index (χ0n) is 11.1. The zero-order valence-corrected chi connectivity index (χ0v) is 11.1. The van der Waals surface area contributed by atoms with Crippen molar-refractivity contribution in [2.45, 2.75) is 13.8 Å². The quantitative estimate of drug-likeness (QED) is 0.710. The number of rotatable bonds is 3. The highest BCUT2D eigenvalue weighted by Crippen LogP contribution is 2.30. The molecule has 3 heteroatoms. The van der Waals surface area contributed by atoms with E-state index in [9.17, 15) is 0 Å². The largest absolute Gasteiger partial charge is 0.493 e. The standard InChI is InChI=1S/C16H16N2O/c1-3-19-15-8-7-12(2)10-13(15)14-11-18-9-5-4-6-16(18)17-14/h4-11H,3H2,1-2H3. The number of pyridine rings is 1. The first-order chi connectivity index (χ1) is 9.28. The Hall–Kier alpha value is -2.29. The summed E-state index contributed by atoms with van der Waals surface area (Å²) in [4.78, 5) is 4.65. The van der Waals surface area contributed by atoms with Gasteiger partial charge in [0.2, 0.25) is 0 Å². The summed E-state index contributed by atoms with van der Waals surface area (Å²) in [7, 11) is 0. The van der Waals surface area contributed by atoms with Crippen LogP contribution in [0.3, 0.4) is 0 Å². The number of fused-ring (bicyclic) bond motifs is 1. The number of imidazole rings is 1. The van der Waals surface area contributed by atoms with Crippen molar-refractivity contribution in [1.82, 2.24) is 9.38 Å². The first-order valence-electron chi connectivity index (χ1n) is 6.45. The molecule has 0 aliphatic heterocycles. The van der Waals surface area contributed by atoms with Gasteiger partial charge in [-0.1, -0.05) is 17.7 Å². The van der Waals surface area contributed by atoms with Crippen LogP contribution < -0.4 is 4.74 Å². The van der Waals surface area contributed by atoms with E-state index in [0.29, 0.717) is 6.61 Å². The Morgan fingerprint density at radius 2 is 2.11 bits per heavy atom. The average Bonchev–Trinajstić information content (AvgIpc) is 2.84. The van der Waals surface area contributed by atoms with E-state index < -0.39 is 0 Å². The minimum absolute atomic E-state index is 0.656. The Morgan fingerprint density at radius 3 is 2.89 bits per heavy atom. The van der Waals surface area contributed by atoms with Gasteiger partial charge in [0.25, 0.3) is 0 Å². The Morgan fingerprint density at radius 1 is 1.21 bits per heavy atom. The number of hydrogen-bond acceptors (Lipinski definition) is 2. The number of hydrogen-bond donors (Lipinski definition) is 0. The molecule has 0 aliphatic rings. The molecule has 3 aromatic rings. The highest BCUT2D eigenvalue weighted by Gasteiger charge is 2.10. The van der Waals surface area contributed by atoms with Crippen LogP contribution in [0.25, 0.3) is 16.9 Å². The first kappa shape index (κ1) is 11.8. The SMILES string of the molecule is CCOc1ccc(C)cc1-c1cn2ccccc2n1. The molecule has 1 aromatic carbocycles. The highest BCUT2D eigenvalue weighted by atomic mass is 16.5. The van der Waals surface area contributed by atoms with Crippen molar-refractivity contribution in [2.24, 2.45) is 0 Å². The maximum absolute atomic E-state index is 5.69. The lowest BCUT2D eigenvalue weighted by molar-refractivity contribution is 0.341. The summed E-state index contributed by atoms with van der Waals surface area (Å²) in [6, 6.07) is 12.2. The lowest BCUT2D eigenvalue weighted by Crippen LogP contribution is -1.94. The molecule has 2 aromatic heterocycles. The molecule has 0 bridgehead atoms. The third-order valence-corrected chi connectivity index (χ3v) is 3.07. The Labute approximate surface area is 112 Å². The van der Waals surface area contributed by atoms with Crippen molar-refractivity contribution in [2.75, 3.05) is 6.61 Å². The molecule has 96 valence electrons. The van der Waals surface area contributed by atoms with Crippen molar-refractivity contribution in [1.29, 1.82) is 0 Å². The maximum atomic E-state index is 5.69. The second-order valence-corrected chi connectivity index (χ2v) is 4.52. The van der Waals surface area contributed by atoms with E-state index in [0.717, 1.165) is 22.7 Å². The van der Waals surface area contributed by atoms with Gasteiger partial charge < -0.3 is 9.14 Å². The summed E-state index contributed by atoms with van der Waals surface area (Å²) in [6.07, 6.45) is 4.04. The normalized spacial score (nSPS) is 10.8. The van der Waals surface area contributed by atoms with Crippen molar-refractivity contribution >= 4 is 5.65 Å². The topological polar surface area (TPSA) is 26.5 Å². The van der Waals surface area contributed by atoms with Gasteiger partial charge in [0.1, 0.15) is 11.4 Å². The van der Waals surface area contributed by atoms with E-state index in [1.54, 1.807) is 0 Å². The lowest BCUT2D eigenvalue weighted by Gasteiger charge is -2.08. The van der Waals surface area contributed by atoms with E-state index in [-0.39, 0.29) is 0 Å². The number of aromatic nitrogens is 2. The first-order valence-corrected chi connectivity index (χ1v) is 6.45. The predicted molar refractivity (Wildman–Crippen MR) is 76.5 cm³/mol. The molecule has 0 saturated heterocycles. The van der Waals surface area contributed by atoms with Gasteiger partial charge in [0.05, 0.1) is 12.3 Å². The Kier molecular flexibility index (Phi) is 2.95. The summed E-state index contributed by atoms with van der Waals surface area (Å²) in [5.74, 6) is 0.886. The molecule has 0 spiro atoms. The van der Waals surface area contributed by atoms with Crippen LogP contribution in [0.15, 0.2) is 48.8 Å². The van der Waals surface area contributed by atoms with E-state index in [4.69, 9.17) is 4.74 Å². The van der Waals surface area contributed by atoms with Gasteiger partial charge in [-0.05, 0) is 38.1 Å². The van der Waals surface area contributed by atoms with Crippen LogP contribution in [0.1, 0.15) is 12.5 Å². The van der Waals surface area contributed by atoms with Gasteiger partial charge in [0.15, 0.2) is 0 Å². The lowest BCUT2D eigenvalue weighted by atomic mass is 10.1. The number of benzene rings is 1. The summed E-state index contributed by atoms with van der Waals surface area (Å²) >= 11 is 0. The fourth-order valence-corrected chi connectivity index (χ4v) is 2.19. The highest BCUT2D eigenvalue weighted by molar-refractivity contribution is 5.70. The Bertz CT molecular complexity index is 683. The van der Waals surface area contributed by atoms with Crippen LogP contribution in [0, 0.1) is 6.92 Å². The molecular formula is C16H16N2O. The molecule has 0 aliphatic carbocycles. The van der Waals surface area contributed by atoms with E-state index >= 15 is 0 Å². The molecule has 0 saturated carbocycles. The molecule has 0 radical (unpaired) electrons. The van der Waals surface area contributed by atoms with E-state index in [2.05, 4.69) is 24.0 Å². The van der Waals surface area contributed by atoms with E-state index in [1.807, 2.05) is 48.0 Å². The minimum atomic E-state index is 0.656. The van der Waals surface area contributed by atoms with Crippen molar-refractivity contribution in [3.63, 3.8) is 0 Å². The summed E-state index contributed by atoms with van der Waals surface area (Å²) < 4.78 is 7.71. The van der Waals surface area contributed by atoms with Crippen molar-refractivity contribution in [3.05, 3.63) is 54.4 Å². The van der Waals surface area contributed by atoms with Crippen molar-refractivity contribution in [3.8, 4) is 17.0 Å². The van der Waals surface area contributed by atoms with Crippen LogP contribution in [-0.4, -0.2) is 16.0 Å².